The predicted octanol–water partition coefficient (Wildman–Crippen LogP) is 2.96. The molecule has 2 atom stereocenters. The molecular formula is C20H27ClN2O3. The molecule has 3 rings (SSSR count). The molecule has 2 aromatic rings. The van der Waals surface area contributed by atoms with Crippen LogP contribution < -0.4 is 0 Å². The van der Waals surface area contributed by atoms with Crippen molar-refractivity contribution in [2.24, 2.45) is 11.8 Å². The zero-order valence-corrected chi connectivity index (χ0v) is 16.4. The number of carbonyl (C=O) groups excluding carboxylic acids is 1. The van der Waals surface area contributed by atoms with Gasteiger partial charge in [-0.05, 0) is 44.1 Å². The Morgan fingerprint density at radius 3 is 2.81 bits per heavy atom. The number of aryl methyl sites for hydroxylation is 1. The second-order valence-corrected chi connectivity index (χ2v) is 7.80. The third-order valence-corrected chi connectivity index (χ3v) is 5.93. The topological polar surface area (TPSA) is 56.9 Å². The van der Waals surface area contributed by atoms with Gasteiger partial charge in [0.1, 0.15) is 5.58 Å². The van der Waals surface area contributed by atoms with Crippen LogP contribution in [0.3, 0.4) is 0 Å². The SMILES string of the molecule is CCN(C)C[C@@H]1CN(C(=O)Cc2coc3cc(C)c(Cl)cc23)C[C@@H]1CO. The fourth-order valence-electron chi connectivity index (χ4n) is 3.70. The number of aliphatic hydroxyl groups is 1. The number of halogens is 1. The second-order valence-electron chi connectivity index (χ2n) is 7.39. The lowest BCUT2D eigenvalue weighted by atomic mass is 9.96. The van der Waals surface area contributed by atoms with Gasteiger partial charge in [0.25, 0.3) is 0 Å². The van der Waals surface area contributed by atoms with E-state index in [-0.39, 0.29) is 18.4 Å². The van der Waals surface area contributed by atoms with E-state index in [9.17, 15) is 9.90 Å². The van der Waals surface area contributed by atoms with Gasteiger partial charge in [0, 0.05) is 48.1 Å². The third-order valence-electron chi connectivity index (χ3n) is 5.53. The lowest BCUT2D eigenvalue weighted by Crippen LogP contribution is -2.32. The number of fused-ring (bicyclic) bond motifs is 1. The molecule has 26 heavy (non-hydrogen) atoms. The van der Waals surface area contributed by atoms with Crippen LogP contribution in [0.2, 0.25) is 5.02 Å². The first-order valence-electron chi connectivity index (χ1n) is 9.16. The molecule has 1 saturated heterocycles. The Balaban J connectivity index is 1.71. The quantitative estimate of drug-likeness (QED) is 0.839. The van der Waals surface area contributed by atoms with Gasteiger partial charge in [0.15, 0.2) is 0 Å². The Kier molecular flexibility index (Phi) is 5.90. The zero-order chi connectivity index (χ0) is 18.8. The molecule has 0 spiro atoms. The standard InChI is InChI=1S/C20H27ClN2O3/c1-4-22(3)8-15-9-23(10-16(15)11-24)20(25)6-14-12-26-19-5-13(2)18(21)7-17(14)19/h5,7,12,15-16,24H,4,6,8-11H2,1-3H3/t15-,16-/m1/s1. The van der Waals surface area contributed by atoms with Crippen LogP contribution >= 0.6 is 11.6 Å². The first-order chi connectivity index (χ1) is 12.4. The molecule has 142 valence electrons. The average Bonchev–Trinajstić information content (AvgIpc) is 3.19. The molecule has 1 aliphatic heterocycles. The van der Waals surface area contributed by atoms with E-state index in [1.807, 2.05) is 24.0 Å². The van der Waals surface area contributed by atoms with Crippen LogP contribution in [0.25, 0.3) is 11.0 Å². The lowest BCUT2D eigenvalue weighted by molar-refractivity contribution is -0.129. The van der Waals surface area contributed by atoms with Gasteiger partial charge >= 0.3 is 0 Å². The molecule has 2 heterocycles. The minimum absolute atomic E-state index is 0.0736. The number of hydrogen-bond acceptors (Lipinski definition) is 4. The van der Waals surface area contributed by atoms with Crippen molar-refractivity contribution in [2.75, 3.05) is 39.8 Å². The Bertz CT molecular complexity index is 789. The smallest absolute Gasteiger partial charge is 0.227 e. The van der Waals surface area contributed by atoms with Crippen LogP contribution in [0.5, 0.6) is 0 Å². The van der Waals surface area contributed by atoms with Gasteiger partial charge in [-0.1, -0.05) is 18.5 Å². The minimum atomic E-state index is 0.0736. The molecule has 1 fully saturated rings. The van der Waals surface area contributed by atoms with Crippen LogP contribution in [-0.4, -0.2) is 60.6 Å². The normalized spacial score (nSPS) is 20.5. The van der Waals surface area contributed by atoms with Crippen molar-refractivity contribution >= 4 is 28.5 Å². The number of aliphatic hydroxyl groups excluding tert-OH is 1. The molecule has 0 unspecified atom stereocenters. The first kappa shape index (κ1) is 19.2. The summed E-state index contributed by atoms with van der Waals surface area (Å²) in [4.78, 5) is 16.9. The van der Waals surface area contributed by atoms with Crippen molar-refractivity contribution in [1.82, 2.24) is 9.80 Å². The Hall–Kier alpha value is -1.56. The fraction of sp³-hybridized carbons (Fsp3) is 0.550. The maximum Gasteiger partial charge on any atom is 0.227 e. The van der Waals surface area contributed by atoms with Crippen molar-refractivity contribution in [1.29, 1.82) is 0 Å². The van der Waals surface area contributed by atoms with Crippen LogP contribution in [-0.2, 0) is 11.2 Å². The highest BCUT2D eigenvalue weighted by molar-refractivity contribution is 6.32. The van der Waals surface area contributed by atoms with Crippen molar-refractivity contribution in [2.45, 2.75) is 20.3 Å². The summed E-state index contributed by atoms with van der Waals surface area (Å²) >= 11 is 6.23. The van der Waals surface area contributed by atoms with Gasteiger partial charge in [-0.15, -0.1) is 0 Å². The highest BCUT2D eigenvalue weighted by Crippen LogP contribution is 2.29. The van der Waals surface area contributed by atoms with E-state index in [0.717, 1.165) is 35.2 Å². The van der Waals surface area contributed by atoms with Crippen LogP contribution in [0, 0.1) is 18.8 Å². The van der Waals surface area contributed by atoms with Gasteiger partial charge in [0.2, 0.25) is 5.91 Å². The monoisotopic (exact) mass is 378 g/mol. The second kappa shape index (κ2) is 7.99. The number of furan rings is 1. The average molecular weight is 379 g/mol. The number of likely N-dealkylation sites (tertiary alicyclic amines) is 1. The summed E-state index contributed by atoms with van der Waals surface area (Å²) in [6.07, 6.45) is 1.95. The zero-order valence-electron chi connectivity index (χ0n) is 15.7. The molecular weight excluding hydrogens is 352 g/mol. The molecule has 0 bridgehead atoms. The number of amides is 1. The van der Waals surface area contributed by atoms with Gasteiger partial charge in [-0.25, -0.2) is 0 Å². The van der Waals surface area contributed by atoms with E-state index in [2.05, 4.69) is 18.9 Å². The predicted molar refractivity (Wildman–Crippen MR) is 103 cm³/mol. The van der Waals surface area contributed by atoms with E-state index >= 15 is 0 Å². The number of benzene rings is 1. The molecule has 1 amide bonds. The lowest BCUT2D eigenvalue weighted by Gasteiger charge is -2.22. The summed E-state index contributed by atoms with van der Waals surface area (Å²) in [7, 11) is 2.07. The summed E-state index contributed by atoms with van der Waals surface area (Å²) in [6.45, 7) is 7.34. The highest BCUT2D eigenvalue weighted by Gasteiger charge is 2.35. The van der Waals surface area contributed by atoms with Gasteiger partial charge in [-0.2, -0.15) is 0 Å². The Labute approximate surface area is 159 Å². The summed E-state index contributed by atoms with van der Waals surface area (Å²) in [6, 6.07) is 3.78. The first-order valence-corrected chi connectivity index (χ1v) is 9.54. The van der Waals surface area contributed by atoms with Gasteiger partial charge < -0.3 is 19.3 Å². The summed E-state index contributed by atoms with van der Waals surface area (Å²) in [5, 5.41) is 11.3. The van der Waals surface area contributed by atoms with E-state index in [1.54, 1.807) is 6.26 Å². The Morgan fingerprint density at radius 1 is 1.38 bits per heavy atom. The van der Waals surface area contributed by atoms with Crippen molar-refractivity contribution < 1.29 is 14.3 Å². The van der Waals surface area contributed by atoms with E-state index in [0.29, 0.717) is 30.5 Å². The molecule has 1 aliphatic rings. The van der Waals surface area contributed by atoms with Gasteiger partial charge in [0.05, 0.1) is 12.7 Å². The maximum atomic E-state index is 12.8. The summed E-state index contributed by atoms with van der Waals surface area (Å²) in [5.41, 5.74) is 2.58. The fourth-order valence-corrected chi connectivity index (χ4v) is 3.86. The van der Waals surface area contributed by atoms with Crippen molar-refractivity contribution in [3.8, 4) is 0 Å². The van der Waals surface area contributed by atoms with E-state index < -0.39 is 0 Å². The largest absolute Gasteiger partial charge is 0.464 e. The molecule has 0 radical (unpaired) electrons. The molecule has 0 saturated carbocycles. The van der Waals surface area contributed by atoms with E-state index in [1.165, 1.54) is 0 Å². The Morgan fingerprint density at radius 2 is 2.12 bits per heavy atom. The van der Waals surface area contributed by atoms with Crippen molar-refractivity contribution in [3.63, 3.8) is 0 Å². The molecule has 1 aromatic heterocycles. The van der Waals surface area contributed by atoms with Crippen LogP contribution in [0.1, 0.15) is 18.1 Å². The molecule has 0 aliphatic carbocycles. The van der Waals surface area contributed by atoms with Crippen molar-refractivity contribution in [3.05, 3.63) is 34.5 Å². The van der Waals surface area contributed by atoms with Crippen LogP contribution in [0.4, 0.5) is 0 Å². The number of nitrogens with zero attached hydrogens (tertiary/aromatic N) is 2. The third kappa shape index (κ3) is 3.90. The van der Waals surface area contributed by atoms with E-state index in [4.69, 9.17) is 16.0 Å². The molecule has 5 nitrogen and oxygen atoms in total. The highest BCUT2D eigenvalue weighted by atomic mass is 35.5. The summed E-state index contributed by atoms with van der Waals surface area (Å²) in [5.74, 6) is 0.530. The molecule has 1 aromatic carbocycles. The maximum absolute atomic E-state index is 12.8. The number of carbonyl (C=O) groups is 1. The van der Waals surface area contributed by atoms with Gasteiger partial charge in [-0.3, -0.25) is 4.79 Å². The van der Waals surface area contributed by atoms with Crippen LogP contribution in [0.15, 0.2) is 22.8 Å². The molecule has 1 N–H and O–H groups in total. The number of rotatable bonds is 6. The molecule has 6 heteroatoms. The number of hydrogen-bond donors (Lipinski definition) is 1. The minimum Gasteiger partial charge on any atom is -0.464 e. The summed E-state index contributed by atoms with van der Waals surface area (Å²) < 4.78 is 5.60.